The molecule has 3 rings (SSSR count). The SMILES string of the molecule is Cc1ccc(C)c(N(CC(=O)N/N=C\c2ccccc2[N+](=O)[O-])S(=O)(=O)c2ccccc2)c1. The number of amides is 1. The van der Waals surface area contributed by atoms with Crippen LogP contribution in [0.4, 0.5) is 11.4 Å². The lowest BCUT2D eigenvalue weighted by molar-refractivity contribution is -0.385. The van der Waals surface area contributed by atoms with Crippen molar-refractivity contribution in [2.75, 3.05) is 10.8 Å². The molecule has 0 fully saturated rings. The Morgan fingerprint density at radius 2 is 1.73 bits per heavy atom. The van der Waals surface area contributed by atoms with Gasteiger partial charge in [0.15, 0.2) is 0 Å². The molecule has 1 N–H and O–H groups in total. The van der Waals surface area contributed by atoms with Gasteiger partial charge in [0.05, 0.1) is 27.3 Å². The summed E-state index contributed by atoms with van der Waals surface area (Å²) in [7, 11) is -4.05. The first-order chi connectivity index (χ1) is 15.7. The van der Waals surface area contributed by atoms with Gasteiger partial charge in [0.2, 0.25) is 0 Å². The summed E-state index contributed by atoms with van der Waals surface area (Å²) in [5, 5.41) is 14.9. The molecule has 0 unspecified atom stereocenters. The standard InChI is InChI=1S/C23H22N4O5S/c1-17-12-13-18(2)22(14-17)26(33(31,32)20-9-4-3-5-10-20)16-23(28)25-24-15-19-8-6-7-11-21(19)27(29)30/h3-15H,16H2,1-2H3,(H,25,28)/b24-15-. The number of para-hydroxylation sites is 1. The van der Waals surface area contributed by atoms with Crippen LogP contribution < -0.4 is 9.73 Å². The minimum atomic E-state index is -4.05. The third-order valence-electron chi connectivity index (χ3n) is 4.78. The molecule has 0 aliphatic heterocycles. The summed E-state index contributed by atoms with van der Waals surface area (Å²) >= 11 is 0. The maximum atomic E-state index is 13.4. The molecule has 0 atom stereocenters. The van der Waals surface area contributed by atoms with Gasteiger partial charge in [0.25, 0.3) is 21.6 Å². The lowest BCUT2D eigenvalue weighted by Crippen LogP contribution is -2.40. The van der Waals surface area contributed by atoms with Crippen LogP contribution in [-0.4, -0.2) is 32.0 Å². The number of hydrogen-bond acceptors (Lipinski definition) is 6. The van der Waals surface area contributed by atoms with E-state index in [1.54, 1.807) is 43.3 Å². The summed E-state index contributed by atoms with van der Waals surface area (Å²) in [6.07, 6.45) is 1.14. The molecule has 0 saturated carbocycles. The molecule has 0 bridgehead atoms. The molecule has 3 aromatic carbocycles. The zero-order valence-electron chi connectivity index (χ0n) is 18.0. The van der Waals surface area contributed by atoms with Crippen molar-refractivity contribution in [3.8, 4) is 0 Å². The molecular weight excluding hydrogens is 444 g/mol. The maximum Gasteiger partial charge on any atom is 0.278 e. The Hall–Kier alpha value is -4.05. The minimum Gasteiger partial charge on any atom is -0.271 e. The first kappa shape index (κ1) is 23.6. The van der Waals surface area contributed by atoms with Crippen molar-refractivity contribution in [3.63, 3.8) is 0 Å². The first-order valence-corrected chi connectivity index (χ1v) is 11.3. The van der Waals surface area contributed by atoms with Crippen molar-refractivity contribution < 1.29 is 18.1 Å². The highest BCUT2D eigenvalue weighted by atomic mass is 32.2. The number of aryl methyl sites for hydroxylation is 2. The molecule has 0 saturated heterocycles. The van der Waals surface area contributed by atoms with Crippen LogP contribution in [0.5, 0.6) is 0 Å². The zero-order chi connectivity index (χ0) is 24.0. The summed E-state index contributed by atoms with van der Waals surface area (Å²) < 4.78 is 27.8. The van der Waals surface area contributed by atoms with E-state index in [1.807, 2.05) is 13.0 Å². The summed E-state index contributed by atoms with van der Waals surface area (Å²) in [4.78, 5) is 23.2. The van der Waals surface area contributed by atoms with Gasteiger partial charge in [-0.3, -0.25) is 19.2 Å². The molecular formula is C23H22N4O5S. The van der Waals surface area contributed by atoms with Crippen LogP contribution in [0.2, 0.25) is 0 Å². The van der Waals surface area contributed by atoms with E-state index in [-0.39, 0.29) is 16.1 Å². The largest absolute Gasteiger partial charge is 0.278 e. The number of hydrazone groups is 1. The number of anilines is 1. The van der Waals surface area contributed by atoms with Crippen molar-refractivity contribution in [2.24, 2.45) is 5.10 Å². The Balaban J connectivity index is 1.89. The lowest BCUT2D eigenvalue weighted by atomic mass is 10.1. The Morgan fingerprint density at radius 1 is 1.06 bits per heavy atom. The van der Waals surface area contributed by atoms with Gasteiger partial charge < -0.3 is 0 Å². The van der Waals surface area contributed by atoms with Crippen molar-refractivity contribution in [1.29, 1.82) is 0 Å². The molecule has 3 aromatic rings. The molecule has 0 aromatic heterocycles. The van der Waals surface area contributed by atoms with Gasteiger partial charge in [0, 0.05) is 6.07 Å². The van der Waals surface area contributed by atoms with Gasteiger partial charge >= 0.3 is 0 Å². The summed E-state index contributed by atoms with van der Waals surface area (Å²) in [5.41, 5.74) is 4.17. The monoisotopic (exact) mass is 466 g/mol. The van der Waals surface area contributed by atoms with Crippen LogP contribution in [-0.2, 0) is 14.8 Å². The average Bonchev–Trinajstić information content (AvgIpc) is 2.80. The van der Waals surface area contributed by atoms with Gasteiger partial charge in [-0.2, -0.15) is 5.10 Å². The number of nitrogens with one attached hydrogen (secondary N) is 1. The Morgan fingerprint density at radius 3 is 2.42 bits per heavy atom. The van der Waals surface area contributed by atoms with Gasteiger partial charge in [-0.25, -0.2) is 13.8 Å². The molecule has 170 valence electrons. The number of carbonyl (C=O) groups is 1. The number of nitrogens with zero attached hydrogens (tertiary/aromatic N) is 3. The van der Waals surface area contributed by atoms with Crippen LogP contribution in [0.1, 0.15) is 16.7 Å². The molecule has 9 nitrogen and oxygen atoms in total. The smallest absolute Gasteiger partial charge is 0.271 e. The van der Waals surface area contributed by atoms with Gasteiger partial charge in [-0.1, -0.05) is 42.5 Å². The van der Waals surface area contributed by atoms with Crippen molar-refractivity contribution in [2.45, 2.75) is 18.7 Å². The Labute approximate surface area is 191 Å². The molecule has 10 heteroatoms. The molecule has 0 aliphatic rings. The Kier molecular flexibility index (Phi) is 7.19. The van der Waals surface area contributed by atoms with Crippen LogP contribution in [0.3, 0.4) is 0 Å². The van der Waals surface area contributed by atoms with E-state index in [9.17, 15) is 23.3 Å². The topological polar surface area (TPSA) is 122 Å². The fourth-order valence-corrected chi connectivity index (χ4v) is 4.61. The molecule has 0 heterocycles. The average molecular weight is 467 g/mol. The number of carbonyl (C=O) groups excluding carboxylic acids is 1. The van der Waals surface area contributed by atoms with E-state index >= 15 is 0 Å². The molecule has 1 amide bonds. The van der Waals surface area contributed by atoms with E-state index in [0.717, 1.165) is 16.1 Å². The van der Waals surface area contributed by atoms with Crippen LogP contribution in [0, 0.1) is 24.0 Å². The second-order valence-electron chi connectivity index (χ2n) is 7.22. The van der Waals surface area contributed by atoms with E-state index in [4.69, 9.17) is 0 Å². The highest BCUT2D eigenvalue weighted by molar-refractivity contribution is 7.92. The zero-order valence-corrected chi connectivity index (χ0v) is 18.8. The predicted octanol–water partition coefficient (Wildman–Crippen LogP) is 3.56. The first-order valence-electron chi connectivity index (χ1n) is 9.90. The highest BCUT2D eigenvalue weighted by Gasteiger charge is 2.28. The number of hydrogen-bond donors (Lipinski definition) is 1. The highest BCUT2D eigenvalue weighted by Crippen LogP contribution is 2.27. The number of sulfonamides is 1. The van der Waals surface area contributed by atoms with E-state index < -0.39 is 27.4 Å². The summed E-state index contributed by atoms with van der Waals surface area (Å²) in [5.74, 6) is -0.703. The number of benzene rings is 3. The number of nitro benzene ring substituents is 1. The summed E-state index contributed by atoms with van der Waals surface area (Å²) in [6.45, 7) is 3.05. The second kappa shape index (κ2) is 10.0. The van der Waals surface area contributed by atoms with Crippen molar-refractivity contribution in [3.05, 3.63) is 99.6 Å². The minimum absolute atomic E-state index is 0.0436. The van der Waals surface area contributed by atoms with Crippen LogP contribution in [0.15, 0.2) is 82.8 Å². The predicted molar refractivity (Wildman–Crippen MR) is 126 cm³/mol. The van der Waals surface area contributed by atoms with E-state index in [2.05, 4.69) is 10.5 Å². The molecule has 0 spiro atoms. The van der Waals surface area contributed by atoms with Crippen LogP contribution >= 0.6 is 0 Å². The van der Waals surface area contributed by atoms with Crippen molar-refractivity contribution in [1.82, 2.24) is 5.43 Å². The molecule has 0 radical (unpaired) electrons. The molecule has 33 heavy (non-hydrogen) atoms. The fraction of sp³-hybridized carbons (Fsp3) is 0.130. The van der Waals surface area contributed by atoms with E-state index in [1.165, 1.54) is 30.3 Å². The number of nitro groups is 1. The Bertz CT molecular complexity index is 1310. The second-order valence-corrected chi connectivity index (χ2v) is 9.09. The third-order valence-corrected chi connectivity index (χ3v) is 6.55. The third kappa shape index (κ3) is 5.60. The van der Waals surface area contributed by atoms with Gasteiger partial charge in [-0.05, 0) is 49.2 Å². The van der Waals surface area contributed by atoms with Crippen LogP contribution in [0.25, 0.3) is 0 Å². The quantitative estimate of drug-likeness (QED) is 0.309. The fourth-order valence-electron chi connectivity index (χ4n) is 3.11. The van der Waals surface area contributed by atoms with Crippen molar-refractivity contribution >= 4 is 33.5 Å². The molecule has 0 aliphatic carbocycles. The van der Waals surface area contributed by atoms with Gasteiger partial charge in [0.1, 0.15) is 6.54 Å². The van der Waals surface area contributed by atoms with Gasteiger partial charge in [-0.15, -0.1) is 0 Å². The number of rotatable bonds is 8. The summed E-state index contributed by atoms with van der Waals surface area (Å²) in [6, 6.07) is 19.1. The normalized spacial score (nSPS) is 11.3. The lowest BCUT2D eigenvalue weighted by Gasteiger charge is -2.25. The maximum absolute atomic E-state index is 13.4. The van der Waals surface area contributed by atoms with E-state index in [0.29, 0.717) is 11.3 Å².